The van der Waals surface area contributed by atoms with Gasteiger partial charge in [0.15, 0.2) is 0 Å². The van der Waals surface area contributed by atoms with E-state index >= 15 is 0 Å². The zero-order chi connectivity index (χ0) is 26.5. The molecule has 0 fully saturated rings. The average molecular weight is 493 g/mol. The highest BCUT2D eigenvalue weighted by Crippen LogP contribution is 2.32. The van der Waals surface area contributed by atoms with Crippen molar-refractivity contribution in [3.05, 3.63) is 53.7 Å². The second-order valence-corrected chi connectivity index (χ2v) is 10.4. The van der Waals surface area contributed by atoms with Crippen molar-refractivity contribution in [2.45, 2.75) is 59.6 Å². The Morgan fingerprint density at radius 1 is 0.917 bits per heavy atom. The quantitative estimate of drug-likeness (QED) is 0.400. The van der Waals surface area contributed by atoms with Crippen LogP contribution in [0, 0.1) is 12.8 Å². The first kappa shape index (κ1) is 26.9. The summed E-state index contributed by atoms with van der Waals surface area (Å²) in [7, 11) is 0. The monoisotopic (exact) mass is 492 g/mol. The van der Waals surface area contributed by atoms with Crippen molar-refractivity contribution in [3.8, 4) is 0 Å². The van der Waals surface area contributed by atoms with Crippen LogP contribution < -0.4 is 16.0 Å². The van der Waals surface area contributed by atoms with Crippen LogP contribution in [0.4, 0.5) is 4.79 Å². The lowest BCUT2D eigenvalue weighted by molar-refractivity contribution is -0.126. The molecule has 0 aliphatic rings. The van der Waals surface area contributed by atoms with E-state index in [1.807, 2.05) is 25.1 Å². The normalized spacial score (nSPS) is 12.4. The molecule has 0 bridgehead atoms. The molecule has 1 heterocycles. The summed E-state index contributed by atoms with van der Waals surface area (Å²) in [4.78, 5) is 41.7. The summed E-state index contributed by atoms with van der Waals surface area (Å²) >= 11 is 0. The Kier molecular flexibility index (Phi) is 8.50. The number of amides is 3. The molecule has 3 N–H and O–H groups in total. The zero-order valence-electron chi connectivity index (χ0n) is 21.9. The molecule has 0 radical (unpaired) electrons. The van der Waals surface area contributed by atoms with Crippen LogP contribution in [0.5, 0.6) is 0 Å². The number of pyridine rings is 1. The fourth-order valence-electron chi connectivity index (χ4n) is 4.02. The highest BCUT2D eigenvalue weighted by Gasteiger charge is 2.22. The molecule has 1 aromatic heterocycles. The van der Waals surface area contributed by atoms with Gasteiger partial charge in [0.25, 0.3) is 0 Å². The summed E-state index contributed by atoms with van der Waals surface area (Å²) < 4.78 is 5.11. The highest BCUT2D eigenvalue weighted by atomic mass is 16.6. The lowest BCUT2D eigenvalue weighted by Crippen LogP contribution is -2.43. The Hall–Kier alpha value is -3.68. The number of alkyl carbamates (subject to hydrolysis) is 1. The van der Waals surface area contributed by atoms with Gasteiger partial charge in [-0.25, -0.2) is 9.78 Å². The lowest BCUT2D eigenvalue weighted by Gasteiger charge is -2.23. The molecule has 8 nitrogen and oxygen atoms in total. The Morgan fingerprint density at radius 3 is 2.31 bits per heavy atom. The summed E-state index contributed by atoms with van der Waals surface area (Å²) in [6.45, 7) is 10.9. The third-order valence-corrected chi connectivity index (χ3v) is 5.50. The number of rotatable bonds is 8. The molecule has 0 saturated carbocycles. The van der Waals surface area contributed by atoms with Crippen molar-refractivity contribution in [1.29, 1.82) is 0 Å². The van der Waals surface area contributed by atoms with Gasteiger partial charge in [-0.1, -0.05) is 49.7 Å². The maximum absolute atomic E-state index is 12.8. The fourth-order valence-corrected chi connectivity index (χ4v) is 4.02. The molecular weight excluding hydrogens is 456 g/mol. The van der Waals surface area contributed by atoms with Gasteiger partial charge in [-0.3, -0.25) is 9.59 Å². The number of nitrogens with one attached hydrogen (secondary N) is 3. The van der Waals surface area contributed by atoms with Crippen LogP contribution in [-0.2, 0) is 14.3 Å². The van der Waals surface area contributed by atoms with Crippen LogP contribution in [0.1, 0.15) is 58.3 Å². The summed E-state index contributed by atoms with van der Waals surface area (Å²) in [5.74, 6) is -0.514. The Balaban J connectivity index is 1.75. The third-order valence-electron chi connectivity index (χ3n) is 5.50. The molecule has 0 aliphatic carbocycles. The molecule has 0 spiro atoms. The zero-order valence-corrected chi connectivity index (χ0v) is 21.9. The number of benzene rings is 2. The lowest BCUT2D eigenvalue weighted by atomic mass is 9.94. The number of ether oxygens (including phenoxy) is 1. The second kappa shape index (κ2) is 11.4. The van der Waals surface area contributed by atoms with E-state index in [1.165, 1.54) is 0 Å². The van der Waals surface area contributed by atoms with E-state index in [2.05, 4.69) is 54.1 Å². The maximum atomic E-state index is 12.8. The van der Waals surface area contributed by atoms with Crippen molar-refractivity contribution in [3.63, 3.8) is 0 Å². The summed E-state index contributed by atoms with van der Waals surface area (Å²) in [5, 5.41) is 11.2. The molecule has 2 aromatic carbocycles. The minimum absolute atomic E-state index is 0.214. The first-order valence-electron chi connectivity index (χ1n) is 12.2. The number of para-hydroxylation sites is 1. The second-order valence-electron chi connectivity index (χ2n) is 10.4. The number of hydrogen-bond acceptors (Lipinski definition) is 5. The Labute approximate surface area is 212 Å². The van der Waals surface area contributed by atoms with Gasteiger partial charge in [-0.2, -0.15) is 0 Å². The predicted molar refractivity (Wildman–Crippen MR) is 142 cm³/mol. The molecule has 192 valence electrons. The van der Waals surface area contributed by atoms with Gasteiger partial charge >= 0.3 is 6.09 Å². The molecular formula is C28H36N4O4. The SMILES string of the molecule is Cc1ccc2c(c1)c(C(CC(C)C)NC(=O)CNC(=O)CNC(=O)OC(C)(C)C)nc1ccccc12. The Morgan fingerprint density at radius 2 is 1.61 bits per heavy atom. The first-order chi connectivity index (χ1) is 16.9. The van der Waals surface area contributed by atoms with Crippen molar-refractivity contribution in [1.82, 2.24) is 20.9 Å². The van der Waals surface area contributed by atoms with Crippen molar-refractivity contribution in [2.24, 2.45) is 5.92 Å². The number of aryl methyl sites for hydroxylation is 1. The van der Waals surface area contributed by atoms with Crippen LogP contribution in [0.2, 0.25) is 0 Å². The summed E-state index contributed by atoms with van der Waals surface area (Å²) in [5.41, 5.74) is 2.13. The molecule has 1 unspecified atom stereocenters. The van der Waals surface area contributed by atoms with Gasteiger partial charge in [0.1, 0.15) is 12.1 Å². The van der Waals surface area contributed by atoms with Gasteiger partial charge in [0.05, 0.1) is 23.8 Å². The van der Waals surface area contributed by atoms with E-state index in [1.54, 1.807) is 20.8 Å². The number of fused-ring (bicyclic) bond motifs is 3. The van der Waals surface area contributed by atoms with E-state index in [9.17, 15) is 14.4 Å². The van der Waals surface area contributed by atoms with Crippen LogP contribution in [0.3, 0.4) is 0 Å². The fraction of sp³-hybridized carbons (Fsp3) is 0.429. The molecule has 3 rings (SSSR count). The van der Waals surface area contributed by atoms with Crippen LogP contribution in [0.25, 0.3) is 21.7 Å². The van der Waals surface area contributed by atoms with E-state index in [4.69, 9.17) is 9.72 Å². The Bertz CT molecular complexity index is 1260. The predicted octanol–water partition coefficient (Wildman–Crippen LogP) is 4.54. The summed E-state index contributed by atoms with van der Waals surface area (Å²) in [6, 6.07) is 13.9. The largest absolute Gasteiger partial charge is 0.444 e. The van der Waals surface area contributed by atoms with E-state index in [0.29, 0.717) is 12.3 Å². The van der Waals surface area contributed by atoms with E-state index in [-0.39, 0.29) is 25.0 Å². The van der Waals surface area contributed by atoms with E-state index in [0.717, 1.165) is 32.9 Å². The van der Waals surface area contributed by atoms with Gasteiger partial charge in [-0.15, -0.1) is 0 Å². The first-order valence-corrected chi connectivity index (χ1v) is 12.2. The smallest absolute Gasteiger partial charge is 0.408 e. The summed E-state index contributed by atoms with van der Waals surface area (Å²) in [6.07, 6.45) is -0.00231. The van der Waals surface area contributed by atoms with Crippen molar-refractivity contribution < 1.29 is 19.1 Å². The number of carbonyl (C=O) groups is 3. The van der Waals surface area contributed by atoms with Crippen molar-refractivity contribution in [2.75, 3.05) is 13.1 Å². The molecule has 8 heteroatoms. The number of hydrogen-bond donors (Lipinski definition) is 3. The van der Waals surface area contributed by atoms with Crippen molar-refractivity contribution >= 4 is 39.6 Å². The van der Waals surface area contributed by atoms with Crippen LogP contribution in [0.15, 0.2) is 42.5 Å². The van der Waals surface area contributed by atoms with E-state index < -0.39 is 17.6 Å². The van der Waals surface area contributed by atoms with Gasteiger partial charge in [-0.05, 0) is 57.6 Å². The minimum atomic E-state index is -0.691. The standard InChI is InChI=1S/C28H36N4O4/c1-17(2)13-23(31-25(34)16-29-24(33)15-30-27(35)36-28(4,5)6)26-21-14-18(3)11-12-19(21)20-9-7-8-10-22(20)32-26/h7-12,14,17,23H,13,15-16H2,1-6H3,(H,29,33)(H,30,35)(H,31,34). The topological polar surface area (TPSA) is 109 Å². The van der Waals surface area contributed by atoms with Crippen LogP contribution in [-0.4, -0.2) is 41.6 Å². The van der Waals surface area contributed by atoms with Gasteiger partial charge in [0.2, 0.25) is 11.8 Å². The number of nitrogens with zero attached hydrogens (tertiary/aromatic N) is 1. The average Bonchev–Trinajstić information content (AvgIpc) is 2.79. The number of carbonyl (C=O) groups excluding carboxylic acids is 3. The third kappa shape index (κ3) is 7.41. The maximum Gasteiger partial charge on any atom is 0.408 e. The highest BCUT2D eigenvalue weighted by molar-refractivity contribution is 6.07. The number of aromatic nitrogens is 1. The molecule has 3 aromatic rings. The minimum Gasteiger partial charge on any atom is -0.444 e. The molecule has 1 atom stereocenters. The molecule has 0 saturated heterocycles. The van der Waals surface area contributed by atoms with Gasteiger partial charge in [0, 0.05) is 10.8 Å². The molecule has 36 heavy (non-hydrogen) atoms. The van der Waals surface area contributed by atoms with Gasteiger partial charge < -0.3 is 20.7 Å². The molecule has 0 aliphatic heterocycles. The molecule has 3 amide bonds. The van der Waals surface area contributed by atoms with Crippen LogP contribution >= 0.6 is 0 Å².